The van der Waals surface area contributed by atoms with Crippen LogP contribution >= 0.6 is 0 Å². The zero-order valence-electron chi connectivity index (χ0n) is 10.6. The van der Waals surface area contributed by atoms with Crippen molar-refractivity contribution in [2.24, 2.45) is 5.73 Å². The Morgan fingerprint density at radius 1 is 1.44 bits per heavy atom. The summed E-state index contributed by atoms with van der Waals surface area (Å²) < 4.78 is 5.45. The van der Waals surface area contributed by atoms with Crippen molar-refractivity contribution in [1.82, 2.24) is 4.90 Å². The van der Waals surface area contributed by atoms with Gasteiger partial charge < -0.3 is 10.5 Å². The van der Waals surface area contributed by atoms with Crippen LogP contribution in [0.1, 0.15) is 45.4 Å². The lowest BCUT2D eigenvalue weighted by molar-refractivity contribution is 0.0966. The molecular weight excluding hydrogens is 200 g/mol. The van der Waals surface area contributed by atoms with E-state index in [1.807, 2.05) is 0 Å². The molecule has 2 N–H and O–H groups in total. The van der Waals surface area contributed by atoms with Crippen molar-refractivity contribution in [2.75, 3.05) is 26.3 Å². The van der Waals surface area contributed by atoms with Gasteiger partial charge in [0, 0.05) is 19.2 Å². The third-order valence-corrected chi connectivity index (χ3v) is 4.02. The summed E-state index contributed by atoms with van der Waals surface area (Å²) in [5, 5.41) is 0. The van der Waals surface area contributed by atoms with Crippen molar-refractivity contribution in [3.8, 4) is 0 Å². The molecule has 0 bridgehead atoms. The number of nitrogens with zero attached hydrogens (tertiary/aromatic N) is 1. The zero-order valence-corrected chi connectivity index (χ0v) is 10.6. The van der Waals surface area contributed by atoms with Gasteiger partial charge in [-0.15, -0.1) is 0 Å². The van der Waals surface area contributed by atoms with Crippen molar-refractivity contribution in [3.63, 3.8) is 0 Å². The first-order chi connectivity index (χ1) is 7.73. The average molecular weight is 226 g/mol. The lowest BCUT2D eigenvalue weighted by Gasteiger charge is -2.40. The predicted octanol–water partition coefficient (Wildman–Crippen LogP) is 1.76. The fourth-order valence-corrected chi connectivity index (χ4v) is 3.08. The van der Waals surface area contributed by atoms with Gasteiger partial charge in [0.05, 0.1) is 12.1 Å². The summed E-state index contributed by atoms with van der Waals surface area (Å²) in [4.78, 5) is 2.63. The summed E-state index contributed by atoms with van der Waals surface area (Å²) in [6.45, 7) is 6.16. The molecule has 2 saturated heterocycles. The van der Waals surface area contributed by atoms with Crippen LogP contribution in [0.15, 0.2) is 0 Å². The normalized spacial score (nSPS) is 36.8. The molecule has 94 valence electrons. The second-order valence-electron chi connectivity index (χ2n) is 5.57. The van der Waals surface area contributed by atoms with Crippen LogP contribution in [0.5, 0.6) is 0 Å². The second-order valence-corrected chi connectivity index (χ2v) is 5.57. The summed E-state index contributed by atoms with van der Waals surface area (Å²) in [7, 11) is 0. The van der Waals surface area contributed by atoms with E-state index < -0.39 is 0 Å². The van der Waals surface area contributed by atoms with Crippen LogP contribution in [0.3, 0.4) is 0 Å². The van der Waals surface area contributed by atoms with Crippen molar-refractivity contribution in [2.45, 2.75) is 57.0 Å². The van der Waals surface area contributed by atoms with E-state index in [1.165, 1.54) is 38.6 Å². The molecule has 2 atom stereocenters. The summed E-state index contributed by atoms with van der Waals surface area (Å²) >= 11 is 0. The van der Waals surface area contributed by atoms with Gasteiger partial charge in [0.15, 0.2) is 0 Å². The zero-order chi connectivity index (χ0) is 11.4. The van der Waals surface area contributed by atoms with Crippen LogP contribution in [-0.4, -0.2) is 42.8 Å². The highest BCUT2D eigenvalue weighted by Gasteiger charge is 2.35. The van der Waals surface area contributed by atoms with E-state index in [0.29, 0.717) is 0 Å². The molecule has 0 aromatic heterocycles. The maximum Gasteiger partial charge on any atom is 0.0659 e. The Bertz CT molecular complexity index is 212. The molecule has 16 heavy (non-hydrogen) atoms. The Labute approximate surface area is 99.3 Å². The molecule has 0 aromatic carbocycles. The first-order valence-corrected chi connectivity index (χ1v) is 6.84. The molecule has 3 nitrogen and oxygen atoms in total. The maximum atomic E-state index is 6.38. The van der Waals surface area contributed by atoms with E-state index in [-0.39, 0.29) is 5.54 Å². The van der Waals surface area contributed by atoms with Crippen molar-refractivity contribution < 1.29 is 4.74 Å². The van der Waals surface area contributed by atoms with Gasteiger partial charge in [0.25, 0.3) is 0 Å². The van der Waals surface area contributed by atoms with Gasteiger partial charge in [0.1, 0.15) is 0 Å². The van der Waals surface area contributed by atoms with Crippen molar-refractivity contribution in [1.29, 1.82) is 0 Å². The summed E-state index contributed by atoms with van der Waals surface area (Å²) in [5.41, 5.74) is 6.32. The summed E-state index contributed by atoms with van der Waals surface area (Å²) in [5.74, 6) is 0. The van der Waals surface area contributed by atoms with E-state index in [1.54, 1.807) is 0 Å². The molecule has 3 heteroatoms. The number of ether oxygens (including phenoxy) is 1. The minimum absolute atomic E-state index is 0.0661. The van der Waals surface area contributed by atoms with Gasteiger partial charge in [-0.25, -0.2) is 0 Å². The first kappa shape index (κ1) is 12.3. The van der Waals surface area contributed by atoms with Gasteiger partial charge in [-0.2, -0.15) is 0 Å². The SMILES string of the molecule is CCCC1CCCCN1CC1(N)CCOC1. The van der Waals surface area contributed by atoms with Crippen LogP contribution < -0.4 is 5.73 Å². The lowest BCUT2D eigenvalue weighted by Crippen LogP contribution is -2.54. The molecule has 2 aliphatic rings. The fraction of sp³-hybridized carbons (Fsp3) is 1.00. The fourth-order valence-electron chi connectivity index (χ4n) is 3.08. The second kappa shape index (κ2) is 5.48. The van der Waals surface area contributed by atoms with Crippen molar-refractivity contribution >= 4 is 0 Å². The number of rotatable bonds is 4. The Kier molecular flexibility index (Phi) is 4.22. The number of hydrogen-bond donors (Lipinski definition) is 1. The van der Waals surface area contributed by atoms with E-state index in [2.05, 4.69) is 11.8 Å². The number of hydrogen-bond acceptors (Lipinski definition) is 3. The van der Waals surface area contributed by atoms with Gasteiger partial charge in [-0.1, -0.05) is 19.8 Å². The molecule has 0 spiro atoms. The molecule has 0 amide bonds. The third kappa shape index (κ3) is 2.96. The standard InChI is InChI=1S/C13H26N2O/c1-2-5-12-6-3-4-8-15(12)10-13(14)7-9-16-11-13/h12H,2-11,14H2,1H3. The minimum atomic E-state index is -0.0661. The Morgan fingerprint density at radius 2 is 2.31 bits per heavy atom. The lowest BCUT2D eigenvalue weighted by atomic mass is 9.93. The number of nitrogens with two attached hydrogens (primary N) is 1. The van der Waals surface area contributed by atoms with Gasteiger partial charge in [-0.05, 0) is 32.2 Å². The van der Waals surface area contributed by atoms with Crippen LogP contribution in [0.4, 0.5) is 0 Å². The molecule has 2 unspecified atom stereocenters. The van der Waals surface area contributed by atoms with E-state index >= 15 is 0 Å². The van der Waals surface area contributed by atoms with Crippen LogP contribution in [0.2, 0.25) is 0 Å². The third-order valence-electron chi connectivity index (χ3n) is 4.02. The average Bonchev–Trinajstić information content (AvgIpc) is 2.68. The molecule has 0 saturated carbocycles. The van der Waals surface area contributed by atoms with E-state index in [9.17, 15) is 0 Å². The first-order valence-electron chi connectivity index (χ1n) is 6.84. The Morgan fingerprint density at radius 3 is 3.00 bits per heavy atom. The van der Waals surface area contributed by atoms with Gasteiger partial charge >= 0.3 is 0 Å². The summed E-state index contributed by atoms with van der Waals surface area (Å²) in [6, 6.07) is 0.778. The molecule has 2 aliphatic heterocycles. The molecule has 2 rings (SSSR count). The van der Waals surface area contributed by atoms with Gasteiger partial charge in [0.2, 0.25) is 0 Å². The van der Waals surface area contributed by atoms with E-state index in [4.69, 9.17) is 10.5 Å². The highest BCUT2D eigenvalue weighted by molar-refractivity contribution is 4.93. The Hall–Kier alpha value is -0.120. The monoisotopic (exact) mass is 226 g/mol. The minimum Gasteiger partial charge on any atom is -0.379 e. The molecule has 0 aliphatic carbocycles. The van der Waals surface area contributed by atoms with Gasteiger partial charge in [-0.3, -0.25) is 4.90 Å². The van der Waals surface area contributed by atoms with E-state index in [0.717, 1.165) is 32.2 Å². The van der Waals surface area contributed by atoms with Crippen LogP contribution in [0.25, 0.3) is 0 Å². The topological polar surface area (TPSA) is 38.5 Å². The van der Waals surface area contributed by atoms with Crippen LogP contribution in [0, 0.1) is 0 Å². The molecule has 0 aromatic rings. The van der Waals surface area contributed by atoms with Crippen LogP contribution in [-0.2, 0) is 4.74 Å². The molecule has 2 fully saturated rings. The highest BCUT2D eigenvalue weighted by atomic mass is 16.5. The molecular formula is C13H26N2O. The van der Waals surface area contributed by atoms with Crippen molar-refractivity contribution in [3.05, 3.63) is 0 Å². The number of likely N-dealkylation sites (tertiary alicyclic amines) is 1. The smallest absolute Gasteiger partial charge is 0.0659 e. The predicted molar refractivity (Wildman–Crippen MR) is 66.5 cm³/mol. The highest BCUT2D eigenvalue weighted by Crippen LogP contribution is 2.25. The molecule has 0 radical (unpaired) electrons. The molecule has 2 heterocycles. The largest absolute Gasteiger partial charge is 0.379 e. The maximum absolute atomic E-state index is 6.38. The quantitative estimate of drug-likeness (QED) is 0.794. The number of piperidine rings is 1. The Balaban J connectivity index is 1.89. The summed E-state index contributed by atoms with van der Waals surface area (Å²) in [6.07, 6.45) is 7.76.